The fourth-order valence-corrected chi connectivity index (χ4v) is 4.41. The van der Waals surface area contributed by atoms with Gasteiger partial charge in [0.15, 0.2) is 0 Å². The van der Waals surface area contributed by atoms with Gasteiger partial charge in [0.25, 0.3) is 0 Å². The van der Waals surface area contributed by atoms with Gasteiger partial charge in [-0.15, -0.1) is 11.8 Å². The Hall–Kier alpha value is -2.25. The Morgan fingerprint density at radius 1 is 1.29 bits per heavy atom. The van der Waals surface area contributed by atoms with Gasteiger partial charge < -0.3 is 4.90 Å². The molecule has 122 valence electrons. The Labute approximate surface area is 147 Å². The quantitative estimate of drug-likeness (QED) is 0.841. The van der Waals surface area contributed by atoms with Gasteiger partial charge in [-0.05, 0) is 49.6 Å². The third kappa shape index (κ3) is 3.18. The highest BCUT2D eigenvalue weighted by atomic mass is 32.2. The van der Waals surface area contributed by atoms with Gasteiger partial charge in [-0.1, -0.05) is 30.3 Å². The van der Waals surface area contributed by atoms with E-state index >= 15 is 0 Å². The molecule has 0 saturated heterocycles. The number of amides is 1. The Kier molecular flexibility index (Phi) is 4.92. The second-order valence-corrected chi connectivity index (χ2v) is 7.20. The Bertz CT molecular complexity index is 754. The van der Waals surface area contributed by atoms with Crippen LogP contribution in [-0.2, 0) is 11.2 Å². The van der Waals surface area contributed by atoms with Crippen LogP contribution in [0.3, 0.4) is 0 Å². The zero-order valence-electron chi connectivity index (χ0n) is 13.9. The molecule has 0 bridgehead atoms. The summed E-state index contributed by atoms with van der Waals surface area (Å²) in [5.74, 6) is 0.190. The molecule has 4 heteroatoms. The van der Waals surface area contributed by atoms with E-state index in [1.807, 2.05) is 48.2 Å². The number of rotatable bonds is 4. The molecular weight excluding hydrogens is 316 g/mol. The van der Waals surface area contributed by atoms with Crippen LogP contribution in [0, 0.1) is 11.3 Å². The van der Waals surface area contributed by atoms with Crippen molar-refractivity contribution in [1.82, 2.24) is 4.90 Å². The summed E-state index contributed by atoms with van der Waals surface area (Å²) in [6, 6.07) is 17.9. The van der Waals surface area contributed by atoms with Crippen LogP contribution in [0.4, 0.5) is 0 Å². The number of carbonyl (C=O) groups is 1. The van der Waals surface area contributed by atoms with E-state index in [1.165, 1.54) is 10.5 Å². The molecule has 3 nitrogen and oxygen atoms in total. The first-order valence-corrected chi connectivity index (χ1v) is 9.07. The lowest BCUT2D eigenvalue weighted by Crippen LogP contribution is -2.39. The molecule has 2 aromatic carbocycles. The van der Waals surface area contributed by atoms with Gasteiger partial charge in [0.05, 0.1) is 22.9 Å². The van der Waals surface area contributed by atoms with Crippen molar-refractivity contribution >= 4 is 17.7 Å². The Morgan fingerprint density at radius 3 is 2.62 bits per heavy atom. The zero-order valence-corrected chi connectivity index (χ0v) is 14.7. The topological polar surface area (TPSA) is 44.1 Å². The minimum atomic E-state index is -0.0387. The lowest BCUT2D eigenvalue weighted by atomic mass is 10.0. The molecular formula is C20H20N2OS. The molecule has 2 unspecified atom stereocenters. The molecule has 24 heavy (non-hydrogen) atoms. The van der Waals surface area contributed by atoms with Crippen LogP contribution >= 0.6 is 11.8 Å². The van der Waals surface area contributed by atoms with Crippen molar-refractivity contribution in [2.45, 2.75) is 36.5 Å². The molecule has 0 spiro atoms. The van der Waals surface area contributed by atoms with Crippen LogP contribution in [0.1, 0.15) is 36.6 Å². The normalized spacial score (nSPS) is 17.0. The Morgan fingerprint density at radius 2 is 2.00 bits per heavy atom. The van der Waals surface area contributed by atoms with Crippen LogP contribution in [0.5, 0.6) is 0 Å². The van der Waals surface area contributed by atoms with E-state index in [-0.39, 0.29) is 17.2 Å². The first kappa shape index (κ1) is 16.6. The summed E-state index contributed by atoms with van der Waals surface area (Å²) in [7, 11) is 0. The van der Waals surface area contributed by atoms with Crippen LogP contribution in [0.15, 0.2) is 53.4 Å². The molecule has 0 fully saturated rings. The SMILES string of the molecule is CCN(C(=O)C1Cc2ccccc2S1)C(C)c1ccc(C#N)cc1. The van der Waals surface area contributed by atoms with Gasteiger partial charge in [0, 0.05) is 11.4 Å². The maximum Gasteiger partial charge on any atom is 0.236 e. The molecule has 0 N–H and O–H groups in total. The van der Waals surface area contributed by atoms with E-state index in [2.05, 4.69) is 25.1 Å². The van der Waals surface area contributed by atoms with Crippen LogP contribution in [-0.4, -0.2) is 22.6 Å². The number of hydrogen-bond acceptors (Lipinski definition) is 3. The summed E-state index contributed by atoms with van der Waals surface area (Å²) in [4.78, 5) is 16.2. The minimum Gasteiger partial charge on any atom is -0.335 e. The highest BCUT2D eigenvalue weighted by Crippen LogP contribution is 2.38. The minimum absolute atomic E-state index is 0.000412. The molecule has 0 saturated carbocycles. The molecule has 1 heterocycles. The summed E-state index contributed by atoms with van der Waals surface area (Å²) in [6.45, 7) is 4.74. The van der Waals surface area contributed by atoms with E-state index in [0.29, 0.717) is 12.1 Å². The van der Waals surface area contributed by atoms with Crippen LogP contribution in [0.25, 0.3) is 0 Å². The monoisotopic (exact) mass is 336 g/mol. The van der Waals surface area contributed by atoms with Gasteiger partial charge in [0.2, 0.25) is 5.91 Å². The predicted molar refractivity (Wildman–Crippen MR) is 96.8 cm³/mol. The van der Waals surface area contributed by atoms with E-state index in [1.54, 1.807) is 11.8 Å². The van der Waals surface area contributed by atoms with Gasteiger partial charge >= 0.3 is 0 Å². The number of thioether (sulfide) groups is 1. The lowest BCUT2D eigenvalue weighted by Gasteiger charge is -2.30. The van der Waals surface area contributed by atoms with Crippen molar-refractivity contribution in [2.75, 3.05) is 6.54 Å². The summed E-state index contributed by atoms with van der Waals surface area (Å²) in [5, 5.41) is 8.88. The largest absolute Gasteiger partial charge is 0.335 e. The van der Waals surface area contributed by atoms with Crippen molar-refractivity contribution < 1.29 is 4.79 Å². The van der Waals surface area contributed by atoms with Gasteiger partial charge in [0.1, 0.15) is 0 Å². The van der Waals surface area contributed by atoms with Crippen molar-refractivity contribution in [2.24, 2.45) is 0 Å². The number of nitriles is 1. The van der Waals surface area contributed by atoms with Crippen molar-refractivity contribution in [3.8, 4) is 6.07 Å². The molecule has 3 rings (SSSR count). The van der Waals surface area contributed by atoms with E-state index < -0.39 is 0 Å². The highest BCUT2D eigenvalue weighted by molar-refractivity contribution is 8.01. The zero-order chi connectivity index (χ0) is 17.1. The number of fused-ring (bicyclic) bond motifs is 1. The number of carbonyl (C=O) groups excluding carboxylic acids is 1. The van der Waals surface area contributed by atoms with Gasteiger partial charge in [-0.3, -0.25) is 4.79 Å². The number of hydrogen-bond donors (Lipinski definition) is 0. The van der Waals surface area contributed by atoms with Crippen molar-refractivity contribution in [3.63, 3.8) is 0 Å². The lowest BCUT2D eigenvalue weighted by molar-refractivity contribution is -0.132. The summed E-state index contributed by atoms with van der Waals surface area (Å²) in [5.41, 5.74) is 2.97. The Balaban J connectivity index is 1.76. The van der Waals surface area contributed by atoms with Crippen LogP contribution in [0.2, 0.25) is 0 Å². The predicted octanol–water partition coefficient (Wildman–Crippen LogP) is 4.18. The van der Waals surface area contributed by atoms with Crippen molar-refractivity contribution in [1.29, 1.82) is 5.26 Å². The molecule has 1 aliphatic heterocycles. The molecule has 0 aliphatic carbocycles. The van der Waals surface area contributed by atoms with Gasteiger partial charge in [-0.25, -0.2) is 0 Å². The number of benzene rings is 2. The summed E-state index contributed by atoms with van der Waals surface area (Å²) in [6.07, 6.45) is 0.802. The molecule has 0 radical (unpaired) electrons. The first-order chi connectivity index (χ1) is 11.6. The first-order valence-electron chi connectivity index (χ1n) is 8.19. The molecule has 1 aliphatic rings. The number of nitrogens with zero attached hydrogens (tertiary/aromatic N) is 2. The van der Waals surface area contributed by atoms with Gasteiger partial charge in [-0.2, -0.15) is 5.26 Å². The average molecular weight is 336 g/mol. The van der Waals surface area contributed by atoms with E-state index in [4.69, 9.17) is 5.26 Å². The fraction of sp³-hybridized carbons (Fsp3) is 0.300. The fourth-order valence-electron chi connectivity index (χ4n) is 3.14. The molecule has 1 amide bonds. The van der Waals surface area contributed by atoms with E-state index in [0.717, 1.165) is 12.0 Å². The molecule has 2 aromatic rings. The average Bonchev–Trinajstić information content (AvgIpc) is 3.06. The standard InChI is InChI=1S/C20H20N2OS/c1-3-22(14(2)16-10-8-15(13-21)9-11-16)20(23)19-12-17-6-4-5-7-18(17)24-19/h4-11,14,19H,3,12H2,1-2H3. The van der Waals surface area contributed by atoms with Crippen LogP contribution < -0.4 is 0 Å². The third-order valence-corrected chi connectivity index (χ3v) is 5.84. The second-order valence-electron chi connectivity index (χ2n) is 5.95. The summed E-state index contributed by atoms with van der Waals surface area (Å²) >= 11 is 1.67. The summed E-state index contributed by atoms with van der Waals surface area (Å²) < 4.78 is 0. The second kappa shape index (κ2) is 7.11. The smallest absolute Gasteiger partial charge is 0.236 e. The third-order valence-electron chi connectivity index (χ3n) is 4.54. The maximum absolute atomic E-state index is 13.0. The molecule has 0 aromatic heterocycles. The highest BCUT2D eigenvalue weighted by Gasteiger charge is 2.32. The van der Waals surface area contributed by atoms with Crippen molar-refractivity contribution in [3.05, 3.63) is 65.2 Å². The van der Waals surface area contributed by atoms with E-state index in [9.17, 15) is 4.79 Å². The molecule has 2 atom stereocenters. The maximum atomic E-state index is 13.0.